The van der Waals surface area contributed by atoms with Crippen molar-refractivity contribution < 1.29 is 14.6 Å². The lowest BCUT2D eigenvalue weighted by Gasteiger charge is -2.27. The van der Waals surface area contributed by atoms with Crippen molar-refractivity contribution in [3.8, 4) is 23.1 Å². The Hall–Kier alpha value is -4.10. The van der Waals surface area contributed by atoms with E-state index in [9.17, 15) is 5.11 Å². The number of phenolic OH excluding ortho intramolecular Hbond substituents is 1. The minimum atomic E-state index is -0.184. The minimum Gasteiger partial charge on any atom is -0.508 e. The van der Waals surface area contributed by atoms with Gasteiger partial charge in [0.2, 0.25) is 5.88 Å². The minimum absolute atomic E-state index is 0.134. The second-order valence-electron chi connectivity index (χ2n) is 7.67. The first kappa shape index (κ1) is 19.6. The van der Waals surface area contributed by atoms with Crippen LogP contribution in [0.5, 0.6) is 23.1 Å². The van der Waals surface area contributed by atoms with Gasteiger partial charge < -0.3 is 14.6 Å². The van der Waals surface area contributed by atoms with E-state index < -0.39 is 0 Å². The molecule has 162 valence electrons. The second-order valence-corrected chi connectivity index (χ2v) is 8.11. The van der Waals surface area contributed by atoms with Gasteiger partial charge in [-0.15, -0.1) is 5.10 Å². The third-order valence-corrected chi connectivity index (χ3v) is 5.80. The molecule has 1 N–H and O–H groups in total. The Balaban J connectivity index is 1.44. The van der Waals surface area contributed by atoms with Gasteiger partial charge in [-0.2, -0.15) is 0 Å². The van der Waals surface area contributed by atoms with E-state index in [0.717, 1.165) is 16.7 Å². The average Bonchev–Trinajstić information content (AvgIpc) is 3.26. The fourth-order valence-corrected chi connectivity index (χ4v) is 4.21. The van der Waals surface area contributed by atoms with E-state index in [2.05, 4.69) is 22.2 Å². The first-order valence-electron chi connectivity index (χ1n) is 10.3. The Morgan fingerprint density at radius 3 is 2.67 bits per heavy atom. The quantitative estimate of drug-likeness (QED) is 0.385. The maximum absolute atomic E-state index is 9.99. The molecule has 2 aromatic heterocycles. The lowest BCUT2D eigenvalue weighted by atomic mass is 9.84. The number of halogens is 1. The zero-order valence-electron chi connectivity index (χ0n) is 17.2. The molecular formula is C25H17ClN4O3. The van der Waals surface area contributed by atoms with Crippen LogP contribution in [0.3, 0.4) is 0 Å². The van der Waals surface area contributed by atoms with Crippen molar-refractivity contribution in [3.05, 3.63) is 107 Å². The maximum atomic E-state index is 9.99. The van der Waals surface area contributed by atoms with Gasteiger partial charge in [0, 0.05) is 22.6 Å². The van der Waals surface area contributed by atoms with Crippen molar-refractivity contribution in [2.24, 2.45) is 0 Å². The standard InChI is InChI=1S/C25H17ClN4O3/c26-16-6-9-18(10-7-16)32-13-21-28-24-23-22(15-4-2-1-3-5-15)19-11-8-17(31)12-20(19)33-25(23)27-14-30(24)29-21/h1-12,14,22,31H,13H2/t22-/m0/s1. The van der Waals surface area contributed by atoms with Gasteiger partial charge in [0.15, 0.2) is 11.5 Å². The number of hydrogen-bond acceptors (Lipinski definition) is 6. The summed E-state index contributed by atoms with van der Waals surface area (Å²) in [6, 6.07) is 22.3. The van der Waals surface area contributed by atoms with Crippen molar-refractivity contribution in [1.82, 2.24) is 19.6 Å². The number of rotatable bonds is 4. The van der Waals surface area contributed by atoms with Gasteiger partial charge in [0.1, 0.15) is 30.2 Å². The number of hydrogen-bond donors (Lipinski definition) is 1. The van der Waals surface area contributed by atoms with Crippen molar-refractivity contribution in [2.75, 3.05) is 0 Å². The summed E-state index contributed by atoms with van der Waals surface area (Å²) in [6.45, 7) is 0.194. The van der Waals surface area contributed by atoms with E-state index in [0.29, 0.717) is 33.9 Å². The van der Waals surface area contributed by atoms with E-state index in [-0.39, 0.29) is 18.3 Å². The first-order valence-corrected chi connectivity index (χ1v) is 10.7. The fraction of sp³-hybridized carbons (Fsp3) is 0.0800. The van der Waals surface area contributed by atoms with E-state index in [1.54, 1.807) is 47.2 Å². The molecule has 0 spiro atoms. The molecule has 5 aromatic rings. The molecule has 0 amide bonds. The molecule has 33 heavy (non-hydrogen) atoms. The van der Waals surface area contributed by atoms with Gasteiger partial charge in [-0.1, -0.05) is 48.0 Å². The Kier molecular flexibility index (Phi) is 4.62. The van der Waals surface area contributed by atoms with Crippen molar-refractivity contribution >= 4 is 17.2 Å². The summed E-state index contributed by atoms with van der Waals surface area (Å²) < 4.78 is 13.5. The molecule has 0 unspecified atom stereocenters. The largest absolute Gasteiger partial charge is 0.508 e. The Bertz CT molecular complexity index is 1470. The van der Waals surface area contributed by atoms with Crippen LogP contribution in [-0.2, 0) is 6.61 Å². The number of ether oxygens (including phenoxy) is 2. The number of fused-ring (bicyclic) bond motifs is 4. The molecule has 0 radical (unpaired) electrons. The highest BCUT2D eigenvalue weighted by Crippen LogP contribution is 2.48. The monoisotopic (exact) mass is 456 g/mol. The summed E-state index contributed by atoms with van der Waals surface area (Å²) in [5.41, 5.74) is 3.43. The van der Waals surface area contributed by atoms with E-state index in [1.807, 2.05) is 24.3 Å². The molecule has 1 aliphatic rings. The van der Waals surface area contributed by atoms with E-state index in [4.69, 9.17) is 26.1 Å². The van der Waals surface area contributed by atoms with E-state index >= 15 is 0 Å². The molecule has 0 saturated carbocycles. The van der Waals surface area contributed by atoms with Gasteiger partial charge in [-0.05, 0) is 35.9 Å². The zero-order valence-corrected chi connectivity index (χ0v) is 18.0. The summed E-state index contributed by atoms with van der Waals surface area (Å²) in [5.74, 6) is 2.15. The summed E-state index contributed by atoms with van der Waals surface area (Å²) in [7, 11) is 0. The molecule has 1 atom stereocenters. The Labute approximate surface area is 193 Å². The molecular weight excluding hydrogens is 440 g/mol. The second kappa shape index (κ2) is 7.79. The zero-order chi connectivity index (χ0) is 22.4. The normalized spacial score (nSPS) is 14.4. The number of nitrogens with zero attached hydrogens (tertiary/aromatic N) is 4. The third-order valence-electron chi connectivity index (χ3n) is 5.55. The smallest absolute Gasteiger partial charge is 0.228 e. The lowest BCUT2D eigenvalue weighted by Crippen LogP contribution is -2.14. The van der Waals surface area contributed by atoms with Crippen molar-refractivity contribution in [2.45, 2.75) is 12.5 Å². The molecule has 6 rings (SSSR count). The molecule has 7 nitrogen and oxygen atoms in total. The van der Waals surface area contributed by atoms with Gasteiger partial charge in [-0.25, -0.2) is 14.5 Å². The summed E-state index contributed by atoms with van der Waals surface area (Å²) in [5, 5.41) is 15.2. The van der Waals surface area contributed by atoms with Gasteiger partial charge in [0.05, 0.1) is 5.56 Å². The molecule has 8 heteroatoms. The summed E-state index contributed by atoms with van der Waals surface area (Å²) >= 11 is 5.94. The fourth-order valence-electron chi connectivity index (χ4n) is 4.08. The lowest BCUT2D eigenvalue weighted by molar-refractivity contribution is 0.296. The highest BCUT2D eigenvalue weighted by atomic mass is 35.5. The number of aromatic hydroxyl groups is 1. The number of benzene rings is 3. The highest BCUT2D eigenvalue weighted by Gasteiger charge is 2.33. The van der Waals surface area contributed by atoms with Crippen LogP contribution in [-0.4, -0.2) is 24.7 Å². The third kappa shape index (κ3) is 3.52. The maximum Gasteiger partial charge on any atom is 0.228 e. The summed E-state index contributed by atoms with van der Waals surface area (Å²) in [4.78, 5) is 9.25. The average molecular weight is 457 g/mol. The van der Waals surface area contributed by atoms with Crippen LogP contribution in [0, 0.1) is 0 Å². The van der Waals surface area contributed by atoms with Crippen LogP contribution in [0.2, 0.25) is 5.02 Å². The topological polar surface area (TPSA) is 81.8 Å². The van der Waals surface area contributed by atoms with Crippen LogP contribution in [0.25, 0.3) is 5.65 Å². The van der Waals surface area contributed by atoms with Crippen LogP contribution in [0.4, 0.5) is 0 Å². The molecule has 0 saturated heterocycles. The van der Waals surface area contributed by atoms with Gasteiger partial charge >= 0.3 is 0 Å². The predicted molar refractivity (Wildman–Crippen MR) is 122 cm³/mol. The van der Waals surface area contributed by atoms with Crippen LogP contribution in [0.1, 0.15) is 28.4 Å². The highest BCUT2D eigenvalue weighted by molar-refractivity contribution is 6.30. The van der Waals surface area contributed by atoms with Gasteiger partial charge in [-0.3, -0.25) is 0 Å². The molecule has 1 aliphatic heterocycles. The molecule has 3 aromatic carbocycles. The Morgan fingerprint density at radius 1 is 1.03 bits per heavy atom. The first-order chi connectivity index (χ1) is 16.2. The Morgan fingerprint density at radius 2 is 1.85 bits per heavy atom. The predicted octanol–water partition coefficient (Wildman–Crippen LogP) is 5.35. The van der Waals surface area contributed by atoms with Crippen molar-refractivity contribution in [1.29, 1.82) is 0 Å². The molecule has 0 fully saturated rings. The van der Waals surface area contributed by atoms with Crippen molar-refractivity contribution in [3.63, 3.8) is 0 Å². The van der Waals surface area contributed by atoms with Crippen LogP contribution in [0.15, 0.2) is 79.1 Å². The van der Waals surface area contributed by atoms with E-state index in [1.165, 1.54) is 0 Å². The van der Waals surface area contributed by atoms with Gasteiger partial charge in [0.25, 0.3) is 0 Å². The SMILES string of the molecule is Oc1ccc2c(c1)Oc1ncn3nc(COc4ccc(Cl)cc4)nc3c1[C@H]2c1ccccc1. The number of aromatic nitrogens is 4. The molecule has 3 heterocycles. The van der Waals surface area contributed by atoms with Crippen LogP contribution < -0.4 is 9.47 Å². The van der Waals surface area contributed by atoms with Crippen LogP contribution >= 0.6 is 11.6 Å². The number of phenols is 1. The molecule has 0 aliphatic carbocycles. The molecule has 0 bridgehead atoms. The summed E-state index contributed by atoms with van der Waals surface area (Å²) in [6.07, 6.45) is 1.57.